The van der Waals surface area contributed by atoms with Crippen molar-refractivity contribution in [3.63, 3.8) is 0 Å². The number of aromatic nitrogens is 5. The number of primary amides is 1. The van der Waals surface area contributed by atoms with Gasteiger partial charge in [0.1, 0.15) is 51.9 Å². The number of aliphatic hydroxyl groups is 4. The van der Waals surface area contributed by atoms with Gasteiger partial charge >= 0.3 is 5.97 Å². The molecule has 1 aliphatic heterocycles. The number of halogens is 4. The summed E-state index contributed by atoms with van der Waals surface area (Å²) in [5, 5.41) is 67.1. The number of nitrogens with two attached hydrogens (primary N) is 4. The number of carboxylic acids is 1. The molecule has 0 bridgehead atoms. The molecule has 1 saturated carbocycles. The van der Waals surface area contributed by atoms with Crippen molar-refractivity contribution < 1.29 is 80.7 Å². The van der Waals surface area contributed by atoms with E-state index in [1.165, 1.54) is 55.4 Å². The monoisotopic (exact) mass is 1350 g/mol. The van der Waals surface area contributed by atoms with Gasteiger partial charge in [0, 0.05) is 84.4 Å². The Morgan fingerprint density at radius 1 is 0.916 bits per heavy atom. The molecule has 8 aromatic rings. The van der Waals surface area contributed by atoms with E-state index in [0.717, 1.165) is 46.3 Å². The van der Waals surface area contributed by atoms with E-state index in [9.17, 15) is 76.2 Å². The Kier molecular flexibility index (Phi) is 18.7. The number of hydrogen-bond donors (Lipinski definition) is 11. The molecule has 2 unspecified atom stereocenters. The van der Waals surface area contributed by atoms with Crippen LogP contribution >= 0.6 is 11.6 Å². The number of phenols is 1. The zero-order valence-electron chi connectivity index (χ0n) is 50.4. The van der Waals surface area contributed by atoms with Gasteiger partial charge in [0.2, 0.25) is 17.2 Å². The molecular weight excluding hydrogens is 1290 g/mol. The van der Waals surface area contributed by atoms with Crippen LogP contribution < -0.4 is 38.0 Å². The quantitative estimate of drug-likeness (QED) is 0.0576. The van der Waals surface area contributed by atoms with Crippen molar-refractivity contribution in [1.82, 2.24) is 29.6 Å². The molecule has 32 heteroatoms. The van der Waals surface area contributed by atoms with Crippen LogP contribution in [-0.4, -0.2) is 144 Å². The third kappa shape index (κ3) is 12.7. The van der Waals surface area contributed by atoms with Crippen LogP contribution in [0.1, 0.15) is 61.9 Å². The molecule has 27 nitrogen and oxygen atoms in total. The molecule has 4 aromatic heterocycles. The van der Waals surface area contributed by atoms with Gasteiger partial charge in [-0.2, -0.15) is 0 Å². The Labute approximate surface area is 542 Å². The first-order chi connectivity index (χ1) is 44.9. The second-order valence-corrected chi connectivity index (χ2v) is 25.0. The number of aromatic carboxylic acids is 1. The molecule has 0 spiro atoms. The van der Waals surface area contributed by atoms with E-state index in [2.05, 4.69) is 24.8 Å². The largest absolute Gasteiger partial charge is 0.510 e. The second-order valence-electron chi connectivity index (χ2n) is 22.9. The first kappa shape index (κ1) is 67.6. The average molecular weight is 1350 g/mol. The Balaban J connectivity index is 0.000000144. The first-order valence-corrected chi connectivity index (χ1v) is 30.5. The van der Waals surface area contributed by atoms with Gasteiger partial charge in [-0.05, 0) is 106 Å². The number of carboxylic acid groups (broad SMARTS) is 1. The summed E-state index contributed by atoms with van der Waals surface area (Å²) in [5.74, 6) is -10.9. The fourth-order valence-electron chi connectivity index (χ4n) is 12.3. The zero-order valence-corrected chi connectivity index (χ0v) is 52.0. The van der Waals surface area contributed by atoms with Gasteiger partial charge in [0.25, 0.3) is 15.9 Å². The minimum Gasteiger partial charge on any atom is -0.510 e. The fourth-order valence-corrected chi connectivity index (χ4v) is 13.5. The highest BCUT2D eigenvalue weighted by Gasteiger charge is 2.64. The molecule has 4 aliphatic carbocycles. The lowest BCUT2D eigenvalue weighted by molar-refractivity contribution is -0.149. The highest BCUT2D eigenvalue weighted by Crippen LogP contribution is 2.56. The molecule has 2 fully saturated rings. The lowest BCUT2D eigenvalue weighted by Gasteiger charge is -2.50. The van der Waals surface area contributed by atoms with E-state index in [1.54, 1.807) is 31.2 Å². The Morgan fingerprint density at radius 2 is 1.59 bits per heavy atom. The number of carbonyl (C=O) groups excluding carboxylic acids is 3. The predicted octanol–water partition coefficient (Wildman–Crippen LogP) is 5.32. The number of pyridine rings is 2. The van der Waals surface area contributed by atoms with Crippen LogP contribution in [0.15, 0.2) is 152 Å². The van der Waals surface area contributed by atoms with Crippen LogP contribution in [0.2, 0.25) is 5.02 Å². The number of ether oxygens (including phenoxy) is 1. The number of hydrogen-bond acceptors (Lipinski definition) is 23. The number of sulfonamides is 1. The minimum atomic E-state index is -3.64. The number of likely N-dealkylation sites (N-methyl/N-ethyl adjacent to an activating group) is 1. The molecule has 1 amide bonds. The van der Waals surface area contributed by atoms with Gasteiger partial charge in [0.05, 0.1) is 39.4 Å². The summed E-state index contributed by atoms with van der Waals surface area (Å²) < 4.78 is 80.0. The highest BCUT2D eigenvalue weighted by atomic mass is 35.5. The SMILES string of the molecule is CN(C)[C@@H]1C(O)=C(C(N)=O)C(=O)[C@@]2(O)C(O)=C3C(=O)c4c(O)ccc(Cl)c4[C@@H](O)[C@H]3C[C@@H]12.COC(c1ccccc1)c1ccnc(N)n1.Cc1cc(NS(=O)(=O)c2ccc(N)cc2)no1.NC1[C@H]2CN(c3nc4c(cc3F)c(=O)c(C(=O)O)cn4-c3ccc(F)cc3F)C[C@@H]12. The maximum absolute atomic E-state index is 14.8. The van der Waals surface area contributed by atoms with E-state index in [4.69, 9.17) is 43.8 Å². The van der Waals surface area contributed by atoms with Gasteiger partial charge in [-0.3, -0.25) is 33.4 Å². The molecule has 0 radical (unpaired) electrons. The predicted molar refractivity (Wildman–Crippen MR) is 336 cm³/mol. The van der Waals surface area contributed by atoms with Crippen LogP contribution in [0.5, 0.6) is 5.75 Å². The Morgan fingerprint density at radius 3 is 2.18 bits per heavy atom. The van der Waals surface area contributed by atoms with Gasteiger partial charge in [0.15, 0.2) is 34.5 Å². The highest BCUT2D eigenvalue weighted by molar-refractivity contribution is 7.92. The van der Waals surface area contributed by atoms with Crippen molar-refractivity contribution in [2.75, 3.05) is 55.4 Å². The van der Waals surface area contributed by atoms with Crippen molar-refractivity contribution in [1.29, 1.82) is 0 Å². The number of carbonyl (C=O) groups is 4. The van der Waals surface area contributed by atoms with Crippen LogP contribution in [0.4, 0.5) is 36.4 Å². The summed E-state index contributed by atoms with van der Waals surface area (Å²) in [6.07, 6.45) is 0.637. The smallest absolute Gasteiger partial charge is 0.341 e. The number of rotatable bonds is 11. The van der Waals surface area contributed by atoms with Crippen LogP contribution in [0.3, 0.4) is 0 Å². The molecule has 5 heterocycles. The minimum absolute atomic E-state index is 0.0145. The van der Waals surface area contributed by atoms with Crippen molar-refractivity contribution in [3.05, 3.63) is 205 Å². The topological polar surface area (TPSA) is 442 Å². The molecule has 9 atom stereocenters. The second kappa shape index (κ2) is 26.3. The molecule has 13 rings (SSSR count). The standard InChI is InChI=1S/C21H21ClN2O8.C20H15F3N4O3.C12H13N3O.C10H11N3O3S/c1-24(2)14-7-5-6-10(16(27)12-9(25)4-3-8(22)11(12)15(6)26)18(29)21(7,32)19(30)13(17(14)28)20(23)31;21-8-1-2-15(13(22)3-8)27-7-12(20(29)30)17(28)9-4-14(23)19(25-18(9)27)26-5-10-11(6-26)16(10)24;1-16-11(9-5-3-2-4-6-9)10-7-8-14-12(13)15-10;1-7-6-10(12-16-7)13-17(14,15)9-4-2-8(11)3-5-9/h3-4,6-7,14-15,25-26,28-29,32H,5H2,1-2H3,(H2,23,31);1-4,7,10-11,16H,5-6,24H2,(H,29,30);2-8,11H,1H3,(H2,13,14,15);2-6H,11H2,1H3,(H,12,13)/t6-,7-,14-,15-,21-;10-,11+,16?;;/m0.../s1. The number of nitrogens with zero attached hydrogens (tertiary/aromatic N) is 7. The van der Waals surface area contributed by atoms with E-state index >= 15 is 0 Å². The zero-order chi connectivity index (χ0) is 69.0. The molecule has 496 valence electrons. The molecule has 5 aliphatic rings. The normalized spacial score (nSPS) is 22.0. The average Bonchev–Trinajstić information content (AvgIpc) is 1.39. The van der Waals surface area contributed by atoms with E-state index in [0.29, 0.717) is 30.6 Å². The van der Waals surface area contributed by atoms with E-state index in [-0.39, 0.29) is 85.8 Å². The number of fused-ring (bicyclic) bond motifs is 5. The lowest BCUT2D eigenvalue weighted by Crippen LogP contribution is -2.64. The fraction of sp³-hybridized carbons (Fsp3) is 0.254. The molecule has 95 heavy (non-hydrogen) atoms. The summed E-state index contributed by atoms with van der Waals surface area (Å²) in [6, 6.07) is 24.0. The van der Waals surface area contributed by atoms with Crippen LogP contribution in [-0.2, 0) is 24.3 Å². The summed E-state index contributed by atoms with van der Waals surface area (Å²) in [6.45, 7) is 2.68. The van der Waals surface area contributed by atoms with Gasteiger partial charge in [-0.25, -0.2) is 41.3 Å². The molecule has 4 aromatic carbocycles. The summed E-state index contributed by atoms with van der Waals surface area (Å²) in [4.78, 5) is 77.9. The number of aliphatic hydroxyl groups excluding tert-OH is 3. The van der Waals surface area contributed by atoms with Crippen molar-refractivity contribution >= 4 is 79.4 Å². The van der Waals surface area contributed by atoms with E-state index in [1.807, 2.05) is 30.3 Å². The van der Waals surface area contributed by atoms with Crippen molar-refractivity contribution in [2.24, 2.45) is 35.1 Å². The summed E-state index contributed by atoms with van der Waals surface area (Å²) in [5.41, 5.74) is 18.0. The summed E-state index contributed by atoms with van der Waals surface area (Å²) >= 11 is 6.17. The van der Waals surface area contributed by atoms with Crippen LogP contribution in [0.25, 0.3) is 16.7 Å². The number of nitrogen functional groups attached to an aromatic ring is 2. The summed E-state index contributed by atoms with van der Waals surface area (Å²) in [7, 11) is 1.03. The number of aromatic hydroxyl groups is 1. The van der Waals surface area contributed by atoms with Gasteiger partial charge in [-0.15, -0.1) is 0 Å². The number of phenolic OH excluding ortho intramolecular Hbond substituents is 1. The van der Waals surface area contributed by atoms with Crippen molar-refractivity contribution in [3.8, 4) is 11.4 Å². The first-order valence-electron chi connectivity index (χ1n) is 28.7. The number of amides is 1. The van der Waals surface area contributed by atoms with Crippen LogP contribution in [0, 0.1) is 48.0 Å². The number of piperidine rings is 1. The van der Waals surface area contributed by atoms with Gasteiger partial charge < -0.3 is 67.7 Å². The molecule has 15 N–H and O–H groups in total. The third-order valence-corrected chi connectivity index (χ3v) is 18.6. The maximum Gasteiger partial charge on any atom is 0.341 e. The maximum atomic E-state index is 14.8. The Bertz CT molecular complexity index is 4650. The number of aryl methyl sites for hydroxylation is 1. The van der Waals surface area contributed by atoms with Crippen molar-refractivity contribution in [2.45, 2.75) is 48.1 Å². The number of benzene rings is 4. The molecular formula is C63H60ClF3N12O15S. The number of methoxy groups -OCH3 is 1. The third-order valence-electron chi connectivity index (χ3n) is 16.9. The van der Waals surface area contributed by atoms with Gasteiger partial charge in [-0.1, -0.05) is 47.1 Å². The number of ketones is 2. The number of Topliss-reactive ketones (excluding diaryl/α,β-unsaturated/α-hetero) is 2. The number of anilines is 4. The molecule has 1 saturated heterocycles. The number of nitrogens with one attached hydrogen (secondary N) is 1. The lowest BCUT2D eigenvalue weighted by atomic mass is 9.58. The Hall–Kier alpha value is -10.3. The van der Waals surface area contributed by atoms with E-state index < -0.39 is 120 Å².